The van der Waals surface area contributed by atoms with Crippen LogP contribution in [0, 0.1) is 11.7 Å². The molecule has 5 heterocycles. The highest BCUT2D eigenvalue weighted by molar-refractivity contribution is 8.15. The van der Waals surface area contributed by atoms with Crippen LogP contribution in [0.25, 0.3) is 11.4 Å². The predicted octanol–water partition coefficient (Wildman–Crippen LogP) is 1.71. The van der Waals surface area contributed by atoms with Gasteiger partial charge in [0.1, 0.15) is 12.6 Å². The summed E-state index contributed by atoms with van der Waals surface area (Å²) in [5.74, 6) is 1.51. The summed E-state index contributed by atoms with van der Waals surface area (Å²) in [6, 6.07) is 7.77. The number of carbonyl (C=O) groups excluding carboxylic acids is 1. The molecule has 3 aliphatic heterocycles. The van der Waals surface area contributed by atoms with Crippen molar-refractivity contribution in [3.63, 3.8) is 0 Å². The summed E-state index contributed by atoms with van der Waals surface area (Å²) in [5.41, 5.74) is 2.69. The van der Waals surface area contributed by atoms with Gasteiger partial charge in [0.25, 0.3) is 0 Å². The Hall–Kier alpha value is -3.27. The standard InChI is InChI=1S/C22H24N10O3S2/c1-3-30-17(9-31-28-19(25-29-31)13-6-4-12(2)5-7-13)27-32(22(30)36)15-8-14(20-34-10-16(15)35-20)24-26-21-23-18(33)11-37-21/h4-7,15-16,20H,3,8-11H2,1-2H3,(H,23,26,33). The highest BCUT2D eigenvalue weighted by atomic mass is 32.2. The van der Waals surface area contributed by atoms with E-state index in [-0.39, 0.29) is 18.1 Å². The lowest BCUT2D eigenvalue weighted by Crippen LogP contribution is -2.37. The van der Waals surface area contributed by atoms with Gasteiger partial charge >= 0.3 is 0 Å². The first kappa shape index (κ1) is 24.1. The Morgan fingerprint density at radius 2 is 2.08 bits per heavy atom. The first-order valence-corrected chi connectivity index (χ1v) is 13.2. The van der Waals surface area contributed by atoms with E-state index >= 15 is 0 Å². The molecular weight excluding hydrogens is 516 g/mol. The molecule has 15 heteroatoms. The molecule has 13 nitrogen and oxygen atoms in total. The van der Waals surface area contributed by atoms with Gasteiger partial charge in [0, 0.05) is 18.5 Å². The molecule has 0 spiro atoms. The van der Waals surface area contributed by atoms with E-state index in [9.17, 15) is 4.79 Å². The summed E-state index contributed by atoms with van der Waals surface area (Å²) in [6.45, 7) is 5.40. The van der Waals surface area contributed by atoms with Gasteiger partial charge in [0.05, 0.1) is 24.1 Å². The van der Waals surface area contributed by atoms with Crippen molar-refractivity contribution in [1.82, 2.24) is 39.9 Å². The molecule has 3 unspecified atom stereocenters. The van der Waals surface area contributed by atoms with Gasteiger partial charge in [-0.25, -0.2) is 4.68 Å². The van der Waals surface area contributed by atoms with Crippen molar-refractivity contribution in [1.29, 1.82) is 0 Å². The zero-order valence-corrected chi connectivity index (χ0v) is 21.8. The molecule has 192 valence electrons. The summed E-state index contributed by atoms with van der Waals surface area (Å²) < 4.78 is 16.2. The van der Waals surface area contributed by atoms with Gasteiger partial charge in [0.15, 0.2) is 22.1 Å². The lowest BCUT2D eigenvalue weighted by molar-refractivity contribution is -0.116. The number of tetrazole rings is 1. The van der Waals surface area contributed by atoms with Crippen molar-refractivity contribution in [3.8, 4) is 11.4 Å². The van der Waals surface area contributed by atoms with E-state index in [2.05, 4.69) is 30.9 Å². The van der Waals surface area contributed by atoms with E-state index in [1.165, 1.54) is 22.1 Å². The second kappa shape index (κ2) is 9.89. The molecule has 3 aromatic rings. The summed E-state index contributed by atoms with van der Waals surface area (Å²) >= 11 is 7.12. The molecule has 1 aromatic carbocycles. The van der Waals surface area contributed by atoms with Crippen LogP contribution in [0.5, 0.6) is 0 Å². The van der Waals surface area contributed by atoms with Crippen LogP contribution in [-0.4, -0.2) is 76.1 Å². The minimum atomic E-state index is -0.561. The molecule has 2 bridgehead atoms. The summed E-state index contributed by atoms with van der Waals surface area (Å²) in [6.07, 6.45) is -0.262. The maximum absolute atomic E-state index is 11.4. The number of carbonyl (C=O) groups is 1. The van der Waals surface area contributed by atoms with Crippen LogP contribution in [-0.2, 0) is 27.4 Å². The molecule has 37 heavy (non-hydrogen) atoms. The number of nitrogens with zero attached hydrogens (tertiary/aromatic N) is 9. The molecule has 1 N–H and O–H groups in total. The van der Waals surface area contributed by atoms with Crippen LogP contribution in [0.15, 0.2) is 34.5 Å². The SMILES string of the molecule is CCn1c(Cn2nnc(-c3ccc(C)cc3)n2)nn(C2CC(=N/N=C3/NC(=O)CS3)C3OCC2O3)c1=S. The third-order valence-electron chi connectivity index (χ3n) is 6.32. The average Bonchev–Trinajstić information content (AvgIpc) is 3.68. The van der Waals surface area contributed by atoms with E-state index in [0.29, 0.717) is 59.2 Å². The van der Waals surface area contributed by atoms with Gasteiger partial charge < -0.3 is 19.4 Å². The Morgan fingerprint density at radius 1 is 1.24 bits per heavy atom. The molecule has 3 atom stereocenters. The Labute approximate surface area is 220 Å². The monoisotopic (exact) mass is 540 g/mol. The predicted molar refractivity (Wildman–Crippen MR) is 138 cm³/mol. The number of ether oxygens (including phenoxy) is 2. The van der Waals surface area contributed by atoms with Crippen molar-refractivity contribution in [2.45, 2.75) is 51.8 Å². The van der Waals surface area contributed by atoms with Crippen molar-refractivity contribution in [2.24, 2.45) is 10.2 Å². The zero-order valence-electron chi connectivity index (χ0n) is 20.1. The van der Waals surface area contributed by atoms with Crippen molar-refractivity contribution >= 4 is 40.8 Å². The lowest BCUT2D eigenvalue weighted by atomic mass is 10.0. The molecule has 3 saturated heterocycles. The molecular formula is C22H24N10O3S2. The van der Waals surface area contributed by atoms with Gasteiger partial charge in [-0.2, -0.15) is 15.0 Å². The Kier molecular flexibility index (Phi) is 6.44. The van der Waals surface area contributed by atoms with Crippen LogP contribution < -0.4 is 5.32 Å². The van der Waals surface area contributed by atoms with E-state index in [1.54, 1.807) is 4.68 Å². The van der Waals surface area contributed by atoms with Crippen molar-refractivity contribution < 1.29 is 14.3 Å². The number of fused-ring (bicyclic) bond motifs is 2. The number of benzene rings is 1. The molecule has 3 fully saturated rings. The topological polar surface area (TPSA) is 139 Å². The van der Waals surface area contributed by atoms with Gasteiger partial charge in [0.2, 0.25) is 11.7 Å². The number of amides is 1. The van der Waals surface area contributed by atoms with Gasteiger partial charge in [-0.05, 0) is 31.3 Å². The Morgan fingerprint density at radius 3 is 2.84 bits per heavy atom. The molecule has 3 aliphatic rings. The fourth-order valence-corrected chi connectivity index (χ4v) is 5.45. The fraction of sp³-hybridized carbons (Fsp3) is 0.455. The number of amidine groups is 1. The second-order valence-corrected chi connectivity index (χ2v) is 10.2. The quantitative estimate of drug-likeness (QED) is 0.366. The highest BCUT2D eigenvalue weighted by Gasteiger charge is 2.44. The van der Waals surface area contributed by atoms with Gasteiger partial charge in [-0.3, -0.25) is 4.79 Å². The van der Waals surface area contributed by atoms with E-state index < -0.39 is 6.29 Å². The first-order chi connectivity index (χ1) is 18.0. The van der Waals surface area contributed by atoms with Crippen LogP contribution >= 0.6 is 24.0 Å². The number of nitrogens with one attached hydrogen (secondary N) is 1. The normalized spacial score (nSPS) is 25.4. The average molecular weight is 541 g/mol. The molecule has 1 amide bonds. The lowest BCUT2D eigenvalue weighted by Gasteiger charge is -2.27. The first-order valence-electron chi connectivity index (χ1n) is 11.9. The maximum atomic E-state index is 11.4. The maximum Gasteiger partial charge on any atom is 0.236 e. The molecule has 6 rings (SSSR count). The summed E-state index contributed by atoms with van der Waals surface area (Å²) in [4.78, 5) is 13.0. The number of hydrogen-bond donors (Lipinski definition) is 1. The fourth-order valence-electron chi connectivity index (χ4n) is 4.42. The van der Waals surface area contributed by atoms with Crippen LogP contribution in [0.2, 0.25) is 0 Å². The number of hydrogen-bond acceptors (Lipinski definition) is 11. The summed E-state index contributed by atoms with van der Waals surface area (Å²) in [5, 5.41) is 29.5. The van der Waals surface area contributed by atoms with Gasteiger partial charge in [-0.15, -0.1) is 15.3 Å². The Bertz CT molecular complexity index is 1460. The van der Waals surface area contributed by atoms with Crippen LogP contribution in [0.1, 0.15) is 30.8 Å². The van der Waals surface area contributed by atoms with Crippen molar-refractivity contribution in [3.05, 3.63) is 40.4 Å². The largest absolute Gasteiger partial charge is 0.344 e. The van der Waals surface area contributed by atoms with Crippen molar-refractivity contribution in [2.75, 3.05) is 12.4 Å². The third-order valence-corrected chi connectivity index (χ3v) is 7.59. The van der Waals surface area contributed by atoms with Crippen LogP contribution in [0.4, 0.5) is 0 Å². The highest BCUT2D eigenvalue weighted by Crippen LogP contribution is 2.34. The van der Waals surface area contributed by atoms with Crippen LogP contribution in [0.3, 0.4) is 0 Å². The number of thioether (sulfide) groups is 1. The van der Waals surface area contributed by atoms with E-state index in [1.807, 2.05) is 42.7 Å². The summed E-state index contributed by atoms with van der Waals surface area (Å²) in [7, 11) is 0. The molecule has 0 saturated carbocycles. The number of rotatable bonds is 6. The van der Waals surface area contributed by atoms with Gasteiger partial charge in [-0.1, -0.05) is 41.6 Å². The van der Waals surface area contributed by atoms with E-state index in [0.717, 1.165) is 5.56 Å². The number of aryl methyl sites for hydroxylation is 1. The third kappa shape index (κ3) is 4.74. The zero-order chi connectivity index (χ0) is 25.5. The molecule has 0 radical (unpaired) electrons. The number of aromatic nitrogens is 7. The second-order valence-electron chi connectivity index (χ2n) is 8.84. The minimum Gasteiger partial charge on any atom is -0.344 e. The minimum absolute atomic E-state index is 0.0873. The van der Waals surface area contributed by atoms with E-state index in [4.69, 9.17) is 26.8 Å². The Balaban J connectivity index is 1.26. The molecule has 2 aromatic heterocycles. The smallest absolute Gasteiger partial charge is 0.236 e. The molecule has 0 aliphatic carbocycles.